The third-order valence-electron chi connectivity index (χ3n) is 6.15. The van der Waals surface area contributed by atoms with Crippen LogP contribution in [0.2, 0.25) is 0 Å². The van der Waals surface area contributed by atoms with E-state index in [0.717, 1.165) is 0 Å². The van der Waals surface area contributed by atoms with Gasteiger partial charge in [-0.15, -0.1) is 0 Å². The van der Waals surface area contributed by atoms with Crippen LogP contribution in [0.5, 0.6) is 0 Å². The Labute approximate surface area is 184 Å². The summed E-state index contributed by atoms with van der Waals surface area (Å²) in [5.74, 6) is 2.12. The van der Waals surface area contributed by atoms with Crippen molar-refractivity contribution < 1.29 is 0 Å². The monoisotopic (exact) mass is 398 g/mol. The third-order valence-corrected chi connectivity index (χ3v) is 6.15. The highest BCUT2D eigenvalue weighted by atomic mass is 14.2. The van der Waals surface area contributed by atoms with Crippen molar-refractivity contribution in [2.24, 2.45) is 0 Å². The van der Waals surface area contributed by atoms with Gasteiger partial charge in [0.2, 0.25) is 0 Å². The smallest absolute Gasteiger partial charge is 0.0178 e. The van der Waals surface area contributed by atoms with E-state index in [4.69, 9.17) is 0 Å². The van der Waals surface area contributed by atoms with Crippen LogP contribution in [0.25, 0.3) is 22.3 Å². The van der Waals surface area contributed by atoms with Gasteiger partial charge in [-0.25, -0.2) is 0 Å². The third kappa shape index (κ3) is 5.04. The Bertz CT molecular complexity index is 871. The van der Waals surface area contributed by atoms with Crippen molar-refractivity contribution in [3.8, 4) is 22.3 Å². The fourth-order valence-corrected chi connectivity index (χ4v) is 3.90. The highest BCUT2D eigenvalue weighted by Crippen LogP contribution is 2.34. The Morgan fingerprint density at radius 3 is 0.933 bits per heavy atom. The lowest BCUT2D eigenvalue weighted by Gasteiger charge is -2.17. The summed E-state index contributed by atoms with van der Waals surface area (Å²) in [4.78, 5) is 0. The van der Waals surface area contributed by atoms with Crippen LogP contribution in [-0.2, 0) is 0 Å². The Balaban J connectivity index is 2.12. The number of benzene rings is 3. The van der Waals surface area contributed by atoms with Crippen molar-refractivity contribution in [2.75, 3.05) is 0 Å². The van der Waals surface area contributed by atoms with Crippen molar-refractivity contribution in [2.45, 2.75) is 79.1 Å². The Kier molecular flexibility index (Phi) is 6.86. The first-order valence-corrected chi connectivity index (χ1v) is 11.6. The van der Waals surface area contributed by atoms with Crippen LogP contribution in [0.3, 0.4) is 0 Å². The van der Waals surface area contributed by atoms with E-state index in [1.54, 1.807) is 0 Å². The Morgan fingerprint density at radius 1 is 0.367 bits per heavy atom. The summed E-state index contributed by atoms with van der Waals surface area (Å²) in [5.41, 5.74) is 11.0. The Morgan fingerprint density at radius 2 is 0.667 bits per heavy atom. The van der Waals surface area contributed by atoms with E-state index >= 15 is 0 Å². The predicted molar refractivity (Wildman–Crippen MR) is 134 cm³/mol. The average molecular weight is 399 g/mol. The van der Waals surface area contributed by atoms with E-state index in [0.29, 0.717) is 23.7 Å². The van der Waals surface area contributed by atoms with Gasteiger partial charge in [-0.2, -0.15) is 0 Å². The molecule has 0 saturated carbocycles. The zero-order valence-corrected chi connectivity index (χ0v) is 20.1. The van der Waals surface area contributed by atoms with Crippen molar-refractivity contribution in [3.05, 3.63) is 82.9 Å². The van der Waals surface area contributed by atoms with E-state index in [1.165, 1.54) is 44.5 Å². The van der Waals surface area contributed by atoms with E-state index in [1.807, 2.05) is 0 Å². The first-order valence-electron chi connectivity index (χ1n) is 11.6. The molecular weight excluding hydrogens is 360 g/mol. The first-order chi connectivity index (χ1) is 14.2. The molecule has 3 aromatic carbocycles. The molecule has 0 heterocycles. The van der Waals surface area contributed by atoms with Crippen LogP contribution >= 0.6 is 0 Å². The molecule has 0 unspecified atom stereocenters. The molecule has 0 N–H and O–H groups in total. The van der Waals surface area contributed by atoms with Crippen LogP contribution in [0.15, 0.2) is 60.7 Å². The maximum atomic E-state index is 2.38. The van der Waals surface area contributed by atoms with Crippen LogP contribution < -0.4 is 0 Å². The summed E-state index contributed by atoms with van der Waals surface area (Å²) in [6.07, 6.45) is 0. The van der Waals surface area contributed by atoms with Gasteiger partial charge in [0.15, 0.2) is 0 Å². The minimum absolute atomic E-state index is 0.530. The standard InChI is InChI=1S/C30H38/c1-19(2)25-13-26(20(3)4)16-29(15-25)23-10-9-11-24(12-23)30-17-27(21(5)6)14-28(18-30)22(7)8/h9-22H,1-8H3. The largest absolute Gasteiger partial charge is 0.0610 e. The maximum Gasteiger partial charge on any atom is -0.0178 e. The van der Waals surface area contributed by atoms with Crippen LogP contribution in [-0.4, -0.2) is 0 Å². The van der Waals surface area contributed by atoms with Crippen LogP contribution in [0.4, 0.5) is 0 Å². The average Bonchev–Trinajstić information content (AvgIpc) is 2.73. The van der Waals surface area contributed by atoms with Crippen molar-refractivity contribution in [1.29, 1.82) is 0 Å². The summed E-state index contributed by atoms with van der Waals surface area (Å²) < 4.78 is 0. The van der Waals surface area contributed by atoms with E-state index in [2.05, 4.69) is 116 Å². The molecule has 0 aliphatic rings. The molecule has 0 aliphatic carbocycles. The molecule has 0 aliphatic heterocycles. The highest BCUT2D eigenvalue weighted by molar-refractivity contribution is 5.74. The number of hydrogen-bond acceptors (Lipinski definition) is 0. The van der Waals surface area contributed by atoms with Gasteiger partial charge in [0.05, 0.1) is 0 Å². The molecule has 0 fully saturated rings. The summed E-state index contributed by atoms with van der Waals surface area (Å²) in [6, 6.07) is 23.3. The lowest BCUT2D eigenvalue weighted by molar-refractivity contribution is 0.834. The van der Waals surface area contributed by atoms with Crippen molar-refractivity contribution in [3.63, 3.8) is 0 Å². The molecule has 0 spiro atoms. The molecule has 0 radical (unpaired) electrons. The second-order valence-corrected chi connectivity index (χ2v) is 9.98. The zero-order chi connectivity index (χ0) is 22.0. The summed E-state index contributed by atoms with van der Waals surface area (Å²) in [7, 11) is 0. The van der Waals surface area contributed by atoms with Crippen molar-refractivity contribution in [1.82, 2.24) is 0 Å². The van der Waals surface area contributed by atoms with E-state index < -0.39 is 0 Å². The van der Waals surface area contributed by atoms with Gasteiger partial charge >= 0.3 is 0 Å². The SMILES string of the molecule is CC(C)c1cc(-c2cccc(-c3cc(C(C)C)cc(C(C)C)c3)c2)cc(C(C)C)c1. The normalized spacial score (nSPS) is 11.9. The van der Waals surface area contributed by atoms with Gasteiger partial charge < -0.3 is 0 Å². The van der Waals surface area contributed by atoms with Gasteiger partial charge in [-0.3, -0.25) is 0 Å². The lowest BCUT2D eigenvalue weighted by Crippen LogP contribution is -1.96. The quantitative estimate of drug-likeness (QED) is 0.388. The first kappa shape index (κ1) is 22.3. The number of hydrogen-bond donors (Lipinski definition) is 0. The van der Waals surface area contributed by atoms with Gasteiger partial charge in [-0.05, 0) is 74.2 Å². The second kappa shape index (κ2) is 9.21. The van der Waals surface area contributed by atoms with Crippen molar-refractivity contribution >= 4 is 0 Å². The molecule has 158 valence electrons. The molecule has 3 aromatic rings. The van der Waals surface area contributed by atoms with E-state index in [-0.39, 0.29) is 0 Å². The van der Waals surface area contributed by atoms with Gasteiger partial charge in [-0.1, -0.05) is 110 Å². The summed E-state index contributed by atoms with van der Waals surface area (Å²) in [6.45, 7) is 18.3. The fraction of sp³-hybridized carbons (Fsp3) is 0.400. The molecule has 0 bridgehead atoms. The Hall–Kier alpha value is -2.34. The molecular formula is C30H38. The minimum Gasteiger partial charge on any atom is -0.0610 e. The topological polar surface area (TPSA) is 0 Å². The molecule has 0 saturated heterocycles. The molecule has 0 atom stereocenters. The predicted octanol–water partition coefficient (Wildman–Crippen LogP) is 9.51. The minimum atomic E-state index is 0.530. The molecule has 30 heavy (non-hydrogen) atoms. The molecule has 0 nitrogen and oxygen atoms in total. The molecule has 0 aromatic heterocycles. The highest BCUT2D eigenvalue weighted by Gasteiger charge is 2.12. The maximum absolute atomic E-state index is 2.38. The van der Waals surface area contributed by atoms with Gasteiger partial charge in [0, 0.05) is 0 Å². The lowest BCUT2D eigenvalue weighted by atomic mass is 9.88. The van der Waals surface area contributed by atoms with E-state index in [9.17, 15) is 0 Å². The summed E-state index contributed by atoms with van der Waals surface area (Å²) in [5, 5.41) is 0. The van der Waals surface area contributed by atoms with Crippen LogP contribution in [0.1, 0.15) is 101 Å². The molecule has 3 rings (SSSR count). The summed E-state index contributed by atoms with van der Waals surface area (Å²) >= 11 is 0. The van der Waals surface area contributed by atoms with Gasteiger partial charge in [0.1, 0.15) is 0 Å². The second-order valence-electron chi connectivity index (χ2n) is 9.98. The van der Waals surface area contributed by atoms with Gasteiger partial charge in [0.25, 0.3) is 0 Å². The molecule has 0 heteroatoms. The number of rotatable bonds is 6. The zero-order valence-electron chi connectivity index (χ0n) is 20.1. The fourth-order valence-electron chi connectivity index (χ4n) is 3.90. The van der Waals surface area contributed by atoms with Crippen LogP contribution in [0, 0.1) is 0 Å². The molecule has 0 amide bonds.